The highest BCUT2D eigenvalue weighted by Crippen LogP contribution is 2.40. The van der Waals surface area contributed by atoms with Crippen molar-refractivity contribution in [2.24, 2.45) is 5.92 Å². The van der Waals surface area contributed by atoms with Gasteiger partial charge in [0.2, 0.25) is 5.95 Å². The van der Waals surface area contributed by atoms with Crippen molar-refractivity contribution in [1.29, 1.82) is 0 Å². The van der Waals surface area contributed by atoms with Crippen molar-refractivity contribution in [2.75, 3.05) is 23.3 Å². The zero-order valence-corrected chi connectivity index (χ0v) is 18.4. The molecule has 1 aliphatic heterocycles. The van der Waals surface area contributed by atoms with E-state index in [0.29, 0.717) is 24.2 Å². The second-order valence-electron chi connectivity index (χ2n) is 8.17. The molecule has 8 nitrogen and oxygen atoms in total. The molecule has 1 saturated carbocycles. The first kappa shape index (κ1) is 22.0. The van der Waals surface area contributed by atoms with Crippen LogP contribution in [0.1, 0.15) is 25.7 Å². The monoisotopic (exact) mass is 452 g/mol. The summed E-state index contributed by atoms with van der Waals surface area (Å²) >= 11 is 0. The van der Waals surface area contributed by atoms with Gasteiger partial charge in [-0.2, -0.15) is 5.10 Å². The van der Waals surface area contributed by atoms with Crippen LogP contribution in [0.15, 0.2) is 60.9 Å². The van der Waals surface area contributed by atoms with Crippen LogP contribution in [0.4, 0.5) is 16.6 Å². The number of nitrogens with one attached hydrogen (secondary N) is 1. The molecule has 0 radical (unpaired) electrons. The Kier molecular flexibility index (Phi) is 6.50. The molecule has 1 aliphatic carbocycles. The lowest BCUT2D eigenvalue weighted by Crippen LogP contribution is -2.39. The Bertz CT molecular complexity index is 1040. The maximum absolute atomic E-state index is 12.4. The summed E-state index contributed by atoms with van der Waals surface area (Å²) in [4.78, 5) is 23.0. The number of anilines is 2. The summed E-state index contributed by atoms with van der Waals surface area (Å²) in [6.45, 7) is 1.34. The van der Waals surface area contributed by atoms with Crippen molar-refractivity contribution < 1.29 is 9.53 Å². The number of ether oxygens (including phenoxy) is 1. The van der Waals surface area contributed by atoms with Gasteiger partial charge in [0, 0.05) is 24.5 Å². The van der Waals surface area contributed by atoms with E-state index in [9.17, 15) is 4.79 Å². The lowest BCUT2D eigenvalue weighted by molar-refractivity contribution is 0.0148. The topological polar surface area (TPSA) is 93.1 Å². The Hall–Kier alpha value is -3.26. The number of carbonyl (C=O) groups excluding carboxylic acids is 1. The van der Waals surface area contributed by atoms with Crippen LogP contribution in [0, 0.1) is 5.92 Å². The first-order chi connectivity index (χ1) is 15.2. The smallest absolute Gasteiger partial charge is 0.416 e. The number of carbonyl (C=O) groups is 1. The summed E-state index contributed by atoms with van der Waals surface area (Å²) in [6, 6.07) is 15.6. The van der Waals surface area contributed by atoms with E-state index in [0.717, 1.165) is 43.5 Å². The molecule has 1 aromatic carbocycles. The minimum atomic E-state index is -0.422. The Morgan fingerprint density at radius 2 is 1.88 bits per heavy atom. The third kappa shape index (κ3) is 4.65. The second kappa shape index (κ2) is 9.48. The molecular formula is C23H25ClN6O2. The Morgan fingerprint density at radius 3 is 2.62 bits per heavy atom. The first-order valence-electron chi connectivity index (χ1n) is 10.6. The highest BCUT2D eigenvalue weighted by atomic mass is 35.5. The third-order valence-corrected chi connectivity index (χ3v) is 6.10. The highest BCUT2D eigenvalue weighted by molar-refractivity contribution is 5.89. The first-order valence-corrected chi connectivity index (χ1v) is 10.6. The van der Waals surface area contributed by atoms with Gasteiger partial charge >= 0.3 is 6.09 Å². The van der Waals surface area contributed by atoms with Crippen LogP contribution in [0.3, 0.4) is 0 Å². The van der Waals surface area contributed by atoms with E-state index in [4.69, 9.17) is 4.74 Å². The van der Waals surface area contributed by atoms with Crippen LogP contribution in [0.2, 0.25) is 0 Å². The fourth-order valence-electron chi connectivity index (χ4n) is 4.35. The zero-order chi connectivity index (χ0) is 21.1. The molecule has 0 atom stereocenters. The Morgan fingerprint density at radius 1 is 1.06 bits per heavy atom. The molecule has 0 bridgehead atoms. The number of nitrogens with zero attached hydrogens (tertiary/aromatic N) is 5. The van der Waals surface area contributed by atoms with Crippen LogP contribution in [-0.4, -0.2) is 44.9 Å². The van der Waals surface area contributed by atoms with Crippen molar-refractivity contribution >= 4 is 30.3 Å². The number of aromatic nitrogens is 4. The van der Waals surface area contributed by atoms with E-state index < -0.39 is 5.60 Å². The molecule has 166 valence electrons. The normalized spacial score (nSPS) is 22.3. The van der Waals surface area contributed by atoms with E-state index in [1.54, 1.807) is 29.4 Å². The molecule has 9 heteroatoms. The average molecular weight is 453 g/mol. The predicted octanol–water partition coefficient (Wildman–Crippen LogP) is 4.35. The number of hydrogen-bond acceptors (Lipinski definition) is 7. The number of amides is 1. The van der Waals surface area contributed by atoms with Gasteiger partial charge in [-0.15, -0.1) is 17.5 Å². The number of halogens is 1. The zero-order valence-electron chi connectivity index (χ0n) is 17.6. The minimum absolute atomic E-state index is 0. The molecule has 5 rings (SSSR count). The average Bonchev–Trinajstić information content (AvgIpc) is 3.16. The molecule has 1 amide bonds. The molecule has 32 heavy (non-hydrogen) atoms. The molecule has 2 aromatic heterocycles. The lowest BCUT2D eigenvalue weighted by atomic mass is 9.78. The fraction of sp³-hybridized carbons (Fsp3) is 0.348. The third-order valence-electron chi connectivity index (χ3n) is 6.10. The van der Waals surface area contributed by atoms with E-state index in [1.165, 1.54) is 0 Å². The largest absolute Gasteiger partial charge is 0.441 e. The van der Waals surface area contributed by atoms with Crippen molar-refractivity contribution in [2.45, 2.75) is 31.3 Å². The standard InChI is InChI=1S/C23H24N6O2.ClH/c30-22-29(20-7-4-13-26-28-20)16-23(31-22)11-8-17(9-12-23)15-25-21-24-14-10-19(27-21)18-5-2-1-3-6-18;/h1-7,10,13-14,17H,8-9,11-12,15-16H2,(H,24,25,27);1H/t17-,23-;. The Labute approximate surface area is 192 Å². The second-order valence-corrected chi connectivity index (χ2v) is 8.17. The van der Waals surface area contributed by atoms with Crippen LogP contribution < -0.4 is 10.2 Å². The number of benzene rings is 1. The summed E-state index contributed by atoms with van der Waals surface area (Å²) in [6.07, 6.45) is 6.69. The molecule has 1 N–H and O–H groups in total. The van der Waals surface area contributed by atoms with Gasteiger partial charge in [-0.1, -0.05) is 30.3 Å². The van der Waals surface area contributed by atoms with Crippen molar-refractivity contribution in [3.63, 3.8) is 0 Å². The minimum Gasteiger partial charge on any atom is -0.441 e. The van der Waals surface area contributed by atoms with Crippen LogP contribution >= 0.6 is 12.4 Å². The molecule has 2 fully saturated rings. The summed E-state index contributed by atoms with van der Waals surface area (Å²) in [5, 5.41) is 11.3. The van der Waals surface area contributed by atoms with Gasteiger partial charge < -0.3 is 10.1 Å². The van der Waals surface area contributed by atoms with E-state index >= 15 is 0 Å². The van der Waals surface area contributed by atoms with Crippen molar-refractivity contribution in [3.8, 4) is 11.3 Å². The van der Waals surface area contributed by atoms with E-state index in [2.05, 4.69) is 25.5 Å². The van der Waals surface area contributed by atoms with Crippen LogP contribution in [-0.2, 0) is 4.74 Å². The van der Waals surface area contributed by atoms with Gasteiger partial charge in [0.15, 0.2) is 5.82 Å². The molecule has 2 aliphatic rings. The number of hydrogen-bond donors (Lipinski definition) is 1. The van der Waals surface area contributed by atoms with Gasteiger partial charge in [-0.05, 0) is 49.8 Å². The molecule has 3 aromatic rings. The molecule has 3 heterocycles. The highest BCUT2D eigenvalue weighted by Gasteiger charge is 2.48. The van der Waals surface area contributed by atoms with Gasteiger partial charge in [0.1, 0.15) is 5.60 Å². The maximum Gasteiger partial charge on any atom is 0.416 e. The molecular weight excluding hydrogens is 428 g/mol. The van der Waals surface area contributed by atoms with E-state index in [1.807, 2.05) is 36.4 Å². The quantitative estimate of drug-likeness (QED) is 0.614. The summed E-state index contributed by atoms with van der Waals surface area (Å²) < 4.78 is 5.81. The van der Waals surface area contributed by atoms with Crippen molar-refractivity contribution in [1.82, 2.24) is 20.2 Å². The van der Waals surface area contributed by atoms with Crippen LogP contribution in [0.25, 0.3) is 11.3 Å². The predicted molar refractivity (Wildman–Crippen MR) is 124 cm³/mol. The molecule has 1 spiro atoms. The van der Waals surface area contributed by atoms with Gasteiger partial charge in [-0.3, -0.25) is 4.90 Å². The summed E-state index contributed by atoms with van der Waals surface area (Å²) in [5.41, 5.74) is 1.56. The lowest BCUT2D eigenvalue weighted by Gasteiger charge is -2.35. The van der Waals surface area contributed by atoms with E-state index in [-0.39, 0.29) is 18.5 Å². The SMILES string of the molecule is Cl.O=C1O[C@]2(CC[C@H](CNc3nccc(-c4ccccc4)n3)CC2)CN1c1cccnn1. The van der Waals surface area contributed by atoms with Gasteiger partial charge in [0.25, 0.3) is 0 Å². The fourth-order valence-corrected chi connectivity index (χ4v) is 4.35. The maximum atomic E-state index is 12.4. The van der Waals surface area contributed by atoms with Crippen molar-refractivity contribution in [3.05, 3.63) is 60.9 Å². The van der Waals surface area contributed by atoms with Gasteiger partial charge in [-0.25, -0.2) is 14.8 Å². The molecule has 1 saturated heterocycles. The molecule has 0 unspecified atom stereocenters. The summed E-state index contributed by atoms with van der Waals surface area (Å²) in [7, 11) is 0. The Balaban J connectivity index is 0.00000245. The van der Waals surface area contributed by atoms with Crippen LogP contribution in [0.5, 0.6) is 0 Å². The number of rotatable bonds is 5. The van der Waals surface area contributed by atoms with Gasteiger partial charge in [0.05, 0.1) is 12.2 Å². The summed E-state index contributed by atoms with van der Waals surface area (Å²) in [5.74, 6) is 1.67.